The van der Waals surface area contributed by atoms with Crippen molar-refractivity contribution in [3.8, 4) is 11.1 Å². The van der Waals surface area contributed by atoms with Crippen LogP contribution in [0, 0.1) is 19.7 Å². The van der Waals surface area contributed by atoms with E-state index in [0.717, 1.165) is 41.1 Å². The highest BCUT2D eigenvalue weighted by molar-refractivity contribution is 5.92. The Balaban J connectivity index is 1.57. The van der Waals surface area contributed by atoms with Crippen LogP contribution in [0.1, 0.15) is 46.3 Å². The predicted molar refractivity (Wildman–Crippen MR) is 109 cm³/mol. The van der Waals surface area contributed by atoms with Crippen LogP contribution in [0.3, 0.4) is 0 Å². The van der Waals surface area contributed by atoms with Crippen LogP contribution in [0.15, 0.2) is 48.8 Å². The van der Waals surface area contributed by atoms with E-state index in [1.54, 1.807) is 24.5 Å². The highest BCUT2D eigenvalue weighted by Crippen LogP contribution is 2.30. The summed E-state index contributed by atoms with van der Waals surface area (Å²) in [5.41, 5.74) is 5.01. The van der Waals surface area contributed by atoms with Crippen molar-refractivity contribution in [2.45, 2.75) is 32.6 Å². The van der Waals surface area contributed by atoms with Gasteiger partial charge in [0.1, 0.15) is 11.5 Å². The Kier molecular flexibility index (Phi) is 5.34. The summed E-state index contributed by atoms with van der Waals surface area (Å²) in [6.45, 7) is 5.12. The molecule has 0 bridgehead atoms. The van der Waals surface area contributed by atoms with Crippen LogP contribution >= 0.6 is 0 Å². The fraction of sp³-hybridized carbons (Fsp3) is 0.304. The van der Waals surface area contributed by atoms with Crippen LogP contribution in [0.5, 0.6) is 0 Å². The summed E-state index contributed by atoms with van der Waals surface area (Å²) in [5, 5.41) is 0. The van der Waals surface area contributed by atoms with Crippen LogP contribution in [-0.2, 0) is 0 Å². The molecule has 0 saturated carbocycles. The molecule has 29 heavy (non-hydrogen) atoms. The van der Waals surface area contributed by atoms with Crippen molar-refractivity contribution in [3.05, 3.63) is 77.4 Å². The van der Waals surface area contributed by atoms with Crippen molar-refractivity contribution >= 4 is 5.91 Å². The standard InChI is InChI=1S/C23H23FN4O/c1-15-10-19(17-5-7-20(24)8-6-17)11-21(27-15)18-4-3-9-28(14-18)23(29)22-13-25-16(2)12-26-22/h5-8,10-13,18H,3-4,9,14H2,1-2H3/t18-/m1/s1. The average Bonchev–Trinajstić information content (AvgIpc) is 2.74. The van der Waals surface area contributed by atoms with Gasteiger partial charge in [-0.15, -0.1) is 0 Å². The molecule has 1 aromatic carbocycles. The third kappa shape index (κ3) is 4.31. The third-order valence-corrected chi connectivity index (χ3v) is 5.28. The fourth-order valence-electron chi connectivity index (χ4n) is 3.78. The van der Waals surface area contributed by atoms with Crippen molar-refractivity contribution in [2.24, 2.45) is 0 Å². The molecular formula is C23H23FN4O. The van der Waals surface area contributed by atoms with E-state index in [0.29, 0.717) is 18.8 Å². The summed E-state index contributed by atoms with van der Waals surface area (Å²) >= 11 is 0. The number of hydrogen-bond acceptors (Lipinski definition) is 4. The van der Waals surface area contributed by atoms with Crippen molar-refractivity contribution in [1.29, 1.82) is 0 Å². The summed E-state index contributed by atoms with van der Waals surface area (Å²) in [7, 11) is 0. The molecule has 0 aliphatic carbocycles. The number of nitrogens with zero attached hydrogens (tertiary/aromatic N) is 4. The fourth-order valence-corrected chi connectivity index (χ4v) is 3.78. The molecule has 3 aromatic rings. The molecular weight excluding hydrogens is 367 g/mol. The molecule has 0 unspecified atom stereocenters. The molecule has 1 fully saturated rings. The van der Waals surface area contributed by atoms with Crippen LogP contribution in [0.25, 0.3) is 11.1 Å². The maximum Gasteiger partial charge on any atom is 0.274 e. The molecule has 0 N–H and O–H groups in total. The SMILES string of the molecule is Cc1cnc(C(=O)N2CCC[C@@H](c3cc(-c4ccc(F)cc4)cc(C)n3)C2)cn1. The Morgan fingerprint density at radius 1 is 1.03 bits per heavy atom. The maximum absolute atomic E-state index is 13.3. The predicted octanol–water partition coefficient (Wildman–Crippen LogP) is 4.31. The average molecular weight is 390 g/mol. The lowest BCUT2D eigenvalue weighted by atomic mass is 9.92. The third-order valence-electron chi connectivity index (χ3n) is 5.28. The number of aryl methyl sites for hydroxylation is 2. The second-order valence-electron chi connectivity index (χ2n) is 7.56. The Morgan fingerprint density at radius 3 is 2.55 bits per heavy atom. The molecule has 1 aliphatic rings. The maximum atomic E-state index is 13.3. The van der Waals surface area contributed by atoms with Crippen LogP contribution in [0.4, 0.5) is 4.39 Å². The van der Waals surface area contributed by atoms with E-state index in [1.807, 2.05) is 24.8 Å². The van der Waals surface area contributed by atoms with Gasteiger partial charge in [-0.3, -0.25) is 14.8 Å². The molecule has 3 heterocycles. The first-order valence-electron chi connectivity index (χ1n) is 9.82. The van der Waals surface area contributed by atoms with E-state index in [2.05, 4.69) is 16.0 Å². The van der Waals surface area contributed by atoms with Gasteiger partial charge in [-0.2, -0.15) is 0 Å². The van der Waals surface area contributed by atoms with E-state index in [9.17, 15) is 9.18 Å². The number of amides is 1. The second-order valence-corrected chi connectivity index (χ2v) is 7.56. The summed E-state index contributed by atoms with van der Waals surface area (Å²) in [6.07, 6.45) is 5.05. The van der Waals surface area contributed by atoms with Gasteiger partial charge < -0.3 is 4.90 Å². The summed E-state index contributed by atoms with van der Waals surface area (Å²) < 4.78 is 13.3. The molecule has 1 aliphatic heterocycles. The summed E-state index contributed by atoms with van der Waals surface area (Å²) in [4.78, 5) is 27.8. The number of carbonyl (C=O) groups is 1. The van der Waals surface area contributed by atoms with Crippen molar-refractivity contribution < 1.29 is 9.18 Å². The molecule has 148 valence electrons. The normalized spacial score (nSPS) is 16.7. The lowest BCUT2D eigenvalue weighted by Gasteiger charge is -2.32. The van der Waals surface area contributed by atoms with Crippen LogP contribution < -0.4 is 0 Å². The Hall–Kier alpha value is -3.15. The van der Waals surface area contributed by atoms with Crippen LogP contribution in [-0.4, -0.2) is 38.8 Å². The lowest BCUT2D eigenvalue weighted by molar-refractivity contribution is 0.0699. The van der Waals surface area contributed by atoms with Gasteiger partial charge >= 0.3 is 0 Å². The largest absolute Gasteiger partial charge is 0.337 e. The first-order valence-corrected chi connectivity index (χ1v) is 9.82. The Labute approximate surface area is 169 Å². The molecule has 1 atom stereocenters. The van der Waals surface area contributed by atoms with E-state index in [1.165, 1.54) is 12.1 Å². The van der Waals surface area contributed by atoms with Crippen molar-refractivity contribution in [1.82, 2.24) is 19.9 Å². The minimum Gasteiger partial charge on any atom is -0.337 e. The second kappa shape index (κ2) is 8.07. The molecule has 1 saturated heterocycles. The van der Waals surface area contributed by atoms with Gasteiger partial charge in [0.05, 0.1) is 11.9 Å². The van der Waals surface area contributed by atoms with E-state index in [-0.39, 0.29) is 17.6 Å². The first-order chi connectivity index (χ1) is 14.0. The molecule has 0 spiro atoms. The monoisotopic (exact) mass is 390 g/mol. The van der Waals surface area contributed by atoms with Gasteiger partial charge in [0.15, 0.2) is 0 Å². The Bertz CT molecular complexity index is 1020. The van der Waals surface area contributed by atoms with Gasteiger partial charge in [-0.05, 0) is 62.1 Å². The van der Waals surface area contributed by atoms with Crippen molar-refractivity contribution in [3.63, 3.8) is 0 Å². The van der Waals surface area contributed by atoms with Gasteiger partial charge in [0.25, 0.3) is 5.91 Å². The number of pyridine rings is 1. The molecule has 0 radical (unpaired) electrons. The quantitative estimate of drug-likeness (QED) is 0.668. The number of halogens is 1. The Morgan fingerprint density at radius 2 is 1.83 bits per heavy atom. The highest BCUT2D eigenvalue weighted by Gasteiger charge is 2.27. The van der Waals surface area contributed by atoms with E-state index in [4.69, 9.17) is 4.98 Å². The molecule has 2 aromatic heterocycles. The molecule has 6 heteroatoms. The van der Waals surface area contributed by atoms with Gasteiger partial charge in [0.2, 0.25) is 0 Å². The molecule has 1 amide bonds. The van der Waals surface area contributed by atoms with Crippen LogP contribution in [0.2, 0.25) is 0 Å². The van der Waals surface area contributed by atoms with Crippen molar-refractivity contribution in [2.75, 3.05) is 13.1 Å². The zero-order valence-corrected chi connectivity index (χ0v) is 16.6. The number of likely N-dealkylation sites (tertiary alicyclic amines) is 1. The minimum atomic E-state index is -0.250. The summed E-state index contributed by atoms with van der Waals surface area (Å²) in [6, 6.07) is 10.6. The zero-order valence-electron chi connectivity index (χ0n) is 16.6. The zero-order chi connectivity index (χ0) is 20.4. The number of aromatic nitrogens is 3. The topological polar surface area (TPSA) is 59.0 Å². The lowest BCUT2D eigenvalue weighted by Crippen LogP contribution is -2.39. The summed E-state index contributed by atoms with van der Waals surface area (Å²) in [5.74, 6) is -0.181. The number of hydrogen-bond donors (Lipinski definition) is 0. The number of carbonyl (C=O) groups excluding carboxylic acids is 1. The number of rotatable bonds is 3. The van der Waals surface area contributed by atoms with E-state index >= 15 is 0 Å². The first kappa shape index (κ1) is 19.2. The number of benzene rings is 1. The highest BCUT2D eigenvalue weighted by atomic mass is 19.1. The molecule has 4 rings (SSSR count). The van der Waals surface area contributed by atoms with Gasteiger partial charge in [-0.25, -0.2) is 9.37 Å². The van der Waals surface area contributed by atoms with Gasteiger partial charge in [-0.1, -0.05) is 12.1 Å². The number of piperidine rings is 1. The smallest absolute Gasteiger partial charge is 0.274 e. The van der Waals surface area contributed by atoms with E-state index < -0.39 is 0 Å². The minimum absolute atomic E-state index is 0.0892. The molecule has 5 nitrogen and oxygen atoms in total. The van der Waals surface area contributed by atoms with Gasteiger partial charge in [0, 0.05) is 36.6 Å².